The Labute approximate surface area is 165 Å². The summed E-state index contributed by atoms with van der Waals surface area (Å²) in [6.45, 7) is 0. The van der Waals surface area contributed by atoms with E-state index in [1.165, 1.54) is 18.2 Å². The van der Waals surface area contributed by atoms with E-state index in [0.717, 1.165) is 5.56 Å². The van der Waals surface area contributed by atoms with Gasteiger partial charge in [-0.1, -0.05) is 24.3 Å². The normalized spacial score (nSPS) is 27.1. The summed E-state index contributed by atoms with van der Waals surface area (Å²) in [5.41, 5.74) is 1.35. The van der Waals surface area contributed by atoms with Crippen molar-refractivity contribution in [2.45, 2.75) is 30.7 Å². The Hall–Kier alpha value is -3.11. The van der Waals surface area contributed by atoms with Gasteiger partial charge in [0, 0.05) is 6.07 Å². The van der Waals surface area contributed by atoms with Gasteiger partial charge in [-0.2, -0.15) is 0 Å². The molecule has 3 rings (SSSR count). The third-order valence-electron chi connectivity index (χ3n) is 4.34. The Balaban J connectivity index is 1.68. The SMILES string of the molecule is O=C(O)[C@@H]1OC(Oc2ccc(/C=C/c3cc(O)cc(O)c3)cc2)[C@@H](O)[C@H](O)[C@H]1O. The van der Waals surface area contributed by atoms with Crippen LogP contribution >= 0.6 is 0 Å². The molecule has 2 aromatic carbocycles. The highest BCUT2D eigenvalue weighted by atomic mass is 16.7. The van der Waals surface area contributed by atoms with Gasteiger partial charge in [-0.05, 0) is 35.4 Å². The average molecular weight is 404 g/mol. The lowest BCUT2D eigenvalue weighted by molar-refractivity contribution is -0.271. The number of carbonyl (C=O) groups is 1. The second-order valence-corrected chi connectivity index (χ2v) is 6.54. The van der Waals surface area contributed by atoms with Gasteiger partial charge < -0.3 is 40.1 Å². The van der Waals surface area contributed by atoms with Gasteiger partial charge in [0.15, 0.2) is 6.10 Å². The molecule has 1 heterocycles. The number of aromatic hydroxyl groups is 2. The van der Waals surface area contributed by atoms with Crippen molar-refractivity contribution >= 4 is 18.1 Å². The Morgan fingerprint density at radius 2 is 1.45 bits per heavy atom. The summed E-state index contributed by atoms with van der Waals surface area (Å²) in [7, 11) is 0. The summed E-state index contributed by atoms with van der Waals surface area (Å²) in [5, 5.41) is 57.5. The molecule has 154 valence electrons. The lowest BCUT2D eigenvalue weighted by atomic mass is 9.99. The van der Waals surface area contributed by atoms with E-state index < -0.39 is 36.7 Å². The largest absolute Gasteiger partial charge is 0.508 e. The zero-order valence-electron chi connectivity index (χ0n) is 15.0. The predicted molar refractivity (Wildman–Crippen MR) is 100 cm³/mol. The molecule has 1 unspecified atom stereocenters. The van der Waals surface area contributed by atoms with Crippen LogP contribution in [0.25, 0.3) is 12.2 Å². The van der Waals surface area contributed by atoms with Crippen molar-refractivity contribution in [3.8, 4) is 17.2 Å². The van der Waals surface area contributed by atoms with E-state index in [9.17, 15) is 30.3 Å². The first-order valence-corrected chi connectivity index (χ1v) is 8.65. The lowest BCUT2D eigenvalue weighted by Crippen LogP contribution is -2.61. The number of aliphatic carboxylic acids is 1. The number of hydrogen-bond acceptors (Lipinski definition) is 8. The van der Waals surface area contributed by atoms with Crippen LogP contribution in [0.2, 0.25) is 0 Å². The minimum Gasteiger partial charge on any atom is -0.508 e. The zero-order valence-corrected chi connectivity index (χ0v) is 15.0. The summed E-state index contributed by atoms with van der Waals surface area (Å²) >= 11 is 0. The molecule has 0 amide bonds. The van der Waals surface area contributed by atoms with Crippen molar-refractivity contribution in [2.24, 2.45) is 0 Å². The Bertz CT molecular complexity index is 873. The molecule has 1 saturated heterocycles. The fourth-order valence-electron chi connectivity index (χ4n) is 2.85. The fourth-order valence-corrected chi connectivity index (χ4v) is 2.85. The van der Waals surface area contributed by atoms with E-state index in [1.807, 2.05) is 0 Å². The van der Waals surface area contributed by atoms with Gasteiger partial charge in [-0.25, -0.2) is 4.79 Å². The van der Waals surface area contributed by atoms with E-state index in [1.54, 1.807) is 36.4 Å². The summed E-state index contributed by atoms with van der Waals surface area (Å²) in [6, 6.07) is 10.6. The highest BCUT2D eigenvalue weighted by molar-refractivity contribution is 5.73. The average Bonchev–Trinajstić information content (AvgIpc) is 2.67. The lowest BCUT2D eigenvalue weighted by Gasteiger charge is -2.38. The molecule has 5 atom stereocenters. The van der Waals surface area contributed by atoms with Crippen LogP contribution in [0.1, 0.15) is 11.1 Å². The summed E-state index contributed by atoms with van der Waals surface area (Å²) in [4.78, 5) is 11.1. The van der Waals surface area contributed by atoms with Gasteiger partial charge in [0.25, 0.3) is 0 Å². The van der Waals surface area contributed by atoms with Crippen LogP contribution in [0.15, 0.2) is 42.5 Å². The molecule has 1 aliphatic rings. The standard InChI is InChI=1S/C20H20O9/c21-12-7-11(8-13(22)9-12)2-1-10-3-5-14(6-4-10)28-20-17(25)15(23)16(24)18(29-20)19(26)27/h1-9,15-18,20-25H,(H,26,27)/b2-1+/t15-,16-,17+,18-,20?/m1/s1. The number of phenols is 2. The van der Waals surface area contributed by atoms with Crippen LogP contribution in [0.3, 0.4) is 0 Å². The predicted octanol–water partition coefficient (Wildman–Crippen LogP) is 0.539. The first-order valence-electron chi connectivity index (χ1n) is 8.65. The van der Waals surface area contributed by atoms with Crippen molar-refractivity contribution in [1.82, 2.24) is 0 Å². The maximum Gasteiger partial charge on any atom is 0.335 e. The minimum absolute atomic E-state index is 0.0635. The molecule has 9 nitrogen and oxygen atoms in total. The van der Waals surface area contributed by atoms with E-state index in [4.69, 9.17) is 14.6 Å². The van der Waals surface area contributed by atoms with Crippen molar-refractivity contribution in [3.05, 3.63) is 53.6 Å². The topological polar surface area (TPSA) is 157 Å². The molecule has 29 heavy (non-hydrogen) atoms. The number of carboxylic acid groups (broad SMARTS) is 1. The highest BCUT2D eigenvalue weighted by Gasteiger charge is 2.48. The molecule has 0 aliphatic carbocycles. The third-order valence-corrected chi connectivity index (χ3v) is 4.34. The van der Waals surface area contributed by atoms with Gasteiger partial charge in [-0.3, -0.25) is 0 Å². The first-order chi connectivity index (χ1) is 13.7. The zero-order chi connectivity index (χ0) is 21.1. The van der Waals surface area contributed by atoms with Gasteiger partial charge in [-0.15, -0.1) is 0 Å². The molecule has 9 heteroatoms. The smallest absolute Gasteiger partial charge is 0.335 e. The molecular formula is C20H20O9. The molecule has 1 aliphatic heterocycles. The summed E-state index contributed by atoms with van der Waals surface area (Å²) in [5.74, 6) is -1.37. The number of rotatable bonds is 5. The summed E-state index contributed by atoms with van der Waals surface area (Å²) in [6.07, 6.45) is -4.98. The van der Waals surface area contributed by atoms with Crippen LogP contribution in [0.4, 0.5) is 0 Å². The van der Waals surface area contributed by atoms with Gasteiger partial charge >= 0.3 is 5.97 Å². The molecular weight excluding hydrogens is 384 g/mol. The quantitative estimate of drug-likeness (QED) is 0.391. The van der Waals surface area contributed by atoms with Crippen molar-refractivity contribution in [3.63, 3.8) is 0 Å². The van der Waals surface area contributed by atoms with E-state index in [-0.39, 0.29) is 17.2 Å². The van der Waals surface area contributed by atoms with E-state index in [2.05, 4.69) is 0 Å². The van der Waals surface area contributed by atoms with E-state index >= 15 is 0 Å². The number of ether oxygens (including phenoxy) is 2. The van der Waals surface area contributed by atoms with Crippen LogP contribution < -0.4 is 4.74 Å². The molecule has 0 spiro atoms. The van der Waals surface area contributed by atoms with Crippen molar-refractivity contribution in [1.29, 1.82) is 0 Å². The second kappa shape index (κ2) is 8.50. The van der Waals surface area contributed by atoms with Crippen molar-refractivity contribution in [2.75, 3.05) is 0 Å². The number of hydrogen-bond donors (Lipinski definition) is 6. The number of aliphatic hydroxyl groups is 3. The third kappa shape index (κ3) is 4.84. The number of aliphatic hydroxyl groups excluding tert-OH is 3. The van der Waals surface area contributed by atoms with Crippen molar-refractivity contribution < 1.29 is 44.9 Å². The number of benzene rings is 2. The van der Waals surface area contributed by atoms with Crippen LogP contribution in [0, 0.1) is 0 Å². The van der Waals surface area contributed by atoms with Gasteiger partial charge in [0.2, 0.25) is 6.29 Å². The second-order valence-electron chi connectivity index (χ2n) is 6.54. The number of carboxylic acids is 1. The monoisotopic (exact) mass is 404 g/mol. The van der Waals surface area contributed by atoms with Crippen LogP contribution in [-0.2, 0) is 9.53 Å². The minimum atomic E-state index is -1.79. The molecule has 6 N–H and O–H groups in total. The fraction of sp³-hybridized carbons (Fsp3) is 0.250. The molecule has 2 aromatic rings. The Kier molecular flexibility index (Phi) is 6.04. The molecule has 0 saturated carbocycles. The van der Waals surface area contributed by atoms with Gasteiger partial charge in [0.1, 0.15) is 35.6 Å². The maximum absolute atomic E-state index is 11.1. The molecule has 0 bridgehead atoms. The van der Waals surface area contributed by atoms with Gasteiger partial charge in [0.05, 0.1) is 0 Å². The molecule has 0 aromatic heterocycles. The summed E-state index contributed by atoms with van der Waals surface area (Å²) < 4.78 is 10.5. The molecule has 0 radical (unpaired) electrons. The maximum atomic E-state index is 11.1. The Morgan fingerprint density at radius 1 is 0.862 bits per heavy atom. The first kappa shape index (κ1) is 20.6. The molecule has 1 fully saturated rings. The highest BCUT2D eigenvalue weighted by Crippen LogP contribution is 2.26. The van der Waals surface area contributed by atoms with Crippen LogP contribution in [-0.4, -0.2) is 67.3 Å². The van der Waals surface area contributed by atoms with E-state index in [0.29, 0.717) is 5.56 Å². The number of phenolic OH excluding ortho intramolecular Hbond substituents is 2. The van der Waals surface area contributed by atoms with Crippen LogP contribution in [0.5, 0.6) is 17.2 Å². The Morgan fingerprint density at radius 3 is 2.03 bits per heavy atom.